The van der Waals surface area contributed by atoms with Crippen LogP contribution in [0.25, 0.3) is 0 Å². The summed E-state index contributed by atoms with van der Waals surface area (Å²) in [5.41, 5.74) is 2.41. The van der Waals surface area contributed by atoms with Crippen molar-refractivity contribution in [3.63, 3.8) is 0 Å². The maximum atomic E-state index is 11.9. The molecule has 19 heavy (non-hydrogen) atoms. The largest absolute Gasteiger partial charge is 0.396 e. The van der Waals surface area contributed by atoms with Crippen LogP contribution in [0.3, 0.4) is 0 Å². The van der Waals surface area contributed by atoms with Crippen molar-refractivity contribution < 1.29 is 9.90 Å². The molecular weight excluding hydrogens is 238 g/mol. The summed E-state index contributed by atoms with van der Waals surface area (Å²) in [5, 5.41) is 12.0. The summed E-state index contributed by atoms with van der Waals surface area (Å²) in [7, 11) is 0. The molecule has 0 heterocycles. The number of aliphatic hydroxyl groups excluding tert-OH is 1. The van der Waals surface area contributed by atoms with Gasteiger partial charge in [0, 0.05) is 19.1 Å². The highest BCUT2D eigenvalue weighted by Crippen LogP contribution is 2.09. The van der Waals surface area contributed by atoms with E-state index in [4.69, 9.17) is 5.11 Å². The van der Waals surface area contributed by atoms with Crippen molar-refractivity contribution in [3.05, 3.63) is 35.4 Å². The number of hydrogen-bond acceptors (Lipinski definition) is 2. The quantitative estimate of drug-likeness (QED) is 0.794. The van der Waals surface area contributed by atoms with E-state index in [0.29, 0.717) is 18.8 Å². The van der Waals surface area contributed by atoms with Crippen LogP contribution >= 0.6 is 0 Å². The van der Waals surface area contributed by atoms with E-state index >= 15 is 0 Å². The maximum Gasteiger partial charge on any atom is 0.220 e. The van der Waals surface area contributed by atoms with E-state index in [1.165, 1.54) is 11.1 Å². The van der Waals surface area contributed by atoms with Crippen molar-refractivity contribution in [2.75, 3.05) is 6.61 Å². The number of hydrogen-bond donors (Lipinski definition) is 2. The lowest BCUT2D eigenvalue weighted by atomic mass is 10.0. The van der Waals surface area contributed by atoms with E-state index in [0.717, 1.165) is 6.42 Å². The molecule has 106 valence electrons. The van der Waals surface area contributed by atoms with Crippen LogP contribution in [0.1, 0.15) is 37.8 Å². The number of carbonyl (C=O) groups is 1. The van der Waals surface area contributed by atoms with Gasteiger partial charge in [-0.05, 0) is 31.2 Å². The molecule has 0 aliphatic rings. The zero-order chi connectivity index (χ0) is 14.3. The minimum atomic E-state index is 0.0636. The standard InChI is InChI=1S/C16H25NO2/c1-12(2)15(9-10-18)17-16(19)8-7-14-6-4-5-13(3)11-14/h4-6,11-12,15,18H,7-10H2,1-3H3,(H,17,19). The first kappa shape index (κ1) is 15.7. The fourth-order valence-corrected chi connectivity index (χ4v) is 2.12. The fourth-order valence-electron chi connectivity index (χ4n) is 2.12. The van der Waals surface area contributed by atoms with Crippen LogP contribution in [0.2, 0.25) is 0 Å². The SMILES string of the molecule is Cc1cccc(CCC(=O)NC(CCO)C(C)C)c1. The lowest BCUT2D eigenvalue weighted by molar-refractivity contribution is -0.122. The van der Waals surface area contributed by atoms with Crippen LogP contribution in [-0.4, -0.2) is 23.7 Å². The summed E-state index contributed by atoms with van der Waals surface area (Å²) in [5.74, 6) is 0.406. The number of amides is 1. The van der Waals surface area contributed by atoms with Gasteiger partial charge in [0.15, 0.2) is 0 Å². The lowest BCUT2D eigenvalue weighted by Crippen LogP contribution is -2.39. The number of aryl methyl sites for hydroxylation is 2. The second-order valence-electron chi connectivity index (χ2n) is 5.42. The molecule has 1 rings (SSSR count). The van der Waals surface area contributed by atoms with Crippen molar-refractivity contribution >= 4 is 5.91 Å². The summed E-state index contributed by atoms with van der Waals surface area (Å²) < 4.78 is 0. The molecule has 0 aromatic heterocycles. The Bertz CT molecular complexity index is 401. The zero-order valence-corrected chi connectivity index (χ0v) is 12.1. The summed E-state index contributed by atoms with van der Waals surface area (Å²) in [6.07, 6.45) is 1.88. The van der Waals surface area contributed by atoms with E-state index < -0.39 is 0 Å². The molecule has 3 heteroatoms. The molecule has 0 saturated carbocycles. The predicted octanol–water partition coefficient (Wildman–Crippen LogP) is 2.45. The maximum absolute atomic E-state index is 11.9. The van der Waals surface area contributed by atoms with Gasteiger partial charge in [0.05, 0.1) is 0 Å². The van der Waals surface area contributed by atoms with Gasteiger partial charge in [0.25, 0.3) is 0 Å². The molecular formula is C16H25NO2. The Morgan fingerprint density at radius 1 is 1.37 bits per heavy atom. The minimum absolute atomic E-state index is 0.0636. The third-order valence-electron chi connectivity index (χ3n) is 3.31. The van der Waals surface area contributed by atoms with Gasteiger partial charge in [-0.3, -0.25) is 4.79 Å². The number of rotatable bonds is 7. The van der Waals surface area contributed by atoms with E-state index in [1.54, 1.807) is 0 Å². The summed E-state index contributed by atoms with van der Waals surface area (Å²) in [6, 6.07) is 8.30. The second kappa shape index (κ2) is 7.95. The van der Waals surface area contributed by atoms with Gasteiger partial charge in [0.2, 0.25) is 5.91 Å². The smallest absolute Gasteiger partial charge is 0.220 e. The molecule has 0 radical (unpaired) electrons. The molecule has 1 amide bonds. The fraction of sp³-hybridized carbons (Fsp3) is 0.562. The Balaban J connectivity index is 2.42. The first-order valence-electron chi connectivity index (χ1n) is 6.98. The van der Waals surface area contributed by atoms with Gasteiger partial charge in [-0.1, -0.05) is 43.7 Å². The predicted molar refractivity (Wildman–Crippen MR) is 78.0 cm³/mol. The zero-order valence-electron chi connectivity index (χ0n) is 12.1. The third-order valence-corrected chi connectivity index (χ3v) is 3.31. The molecule has 1 aromatic rings. The average Bonchev–Trinajstić information content (AvgIpc) is 2.36. The number of carbonyl (C=O) groups excluding carboxylic acids is 1. The van der Waals surface area contributed by atoms with Crippen LogP contribution in [0.5, 0.6) is 0 Å². The van der Waals surface area contributed by atoms with Gasteiger partial charge < -0.3 is 10.4 Å². The van der Waals surface area contributed by atoms with Gasteiger partial charge >= 0.3 is 0 Å². The van der Waals surface area contributed by atoms with Crippen molar-refractivity contribution in [2.24, 2.45) is 5.92 Å². The van der Waals surface area contributed by atoms with Crippen molar-refractivity contribution in [3.8, 4) is 0 Å². The summed E-state index contributed by atoms with van der Waals surface area (Å²) in [6.45, 7) is 6.28. The molecule has 2 N–H and O–H groups in total. The van der Waals surface area contributed by atoms with E-state index in [2.05, 4.69) is 38.2 Å². The Hall–Kier alpha value is -1.35. The van der Waals surface area contributed by atoms with Crippen LogP contribution in [-0.2, 0) is 11.2 Å². The molecule has 3 nitrogen and oxygen atoms in total. The Morgan fingerprint density at radius 3 is 2.68 bits per heavy atom. The highest BCUT2D eigenvalue weighted by Gasteiger charge is 2.15. The Labute approximate surface area is 116 Å². The summed E-state index contributed by atoms with van der Waals surface area (Å²) in [4.78, 5) is 11.9. The first-order valence-corrected chi connectivity index (χ1v) is 6.98. The van der Waals surface area contributed by atoms with Crippen molar-refractivity contribution in [2.45, 2.75) is 46.1 Å². The lowest BCUT2D eigenvalue weighted by Gasteiger charge is -2.21. The normalized spacial score (nSPS) is 12.5. The average molecular weight is 263 g/mol. The molecule has 0 fully saturated rings. The van der Waals surface area contributed by atoms with Crippen molar-refractivity contribution in [1.29, 1.82) is 0 Å². The Kier molecular flexibility index (Phi) is 6.57. The monoisotopic (exact) mass is 263 g/mol. The van der Waals surface area contributed by atoms with Crippen LogP contribution < -0.4 is 5.32 Å². The van der Waals surface area contributed by atoms with Crippen LogP contribution in [0, 0.1) is 12.8 Å². The number of aliphatic hydroxyl groups is 1. The number of nitrogens with one attached hydrogen (secondary N) is 1. The highest BCUT2D eigenvalue weighted by atomic mass is 16.3. The van der Waals surface area contributed by atoms with Gasteiger partial charge in [-0.25, -0.2) is 0 Å². The third kappa shape index (κ3) is 5.88. The van der Waals surface area contributed by atoms with Gasteiger partial charge in [-0.2, -0.15) is 0 Å². The van der Waals surface area contributed by atoms with Gasteiger partial charge in [0.1, 0.15) is 0 Å². The van der Waals surface area contributed by atoms with E-state index in [-0.39, 0.29) is 18.6 Å². The first-order chi connectivity index (χ1) is 9.02. The van der Waals surface area contributed by atoms with Crippen molar-refractivity contribution in [1.82, 2.24) is 5.32 Å². The topological polar surface area (TPSA) is 49.3 Å². The Morgan fingerprint density at radius 2 is 2.11 bits per heavy atom. The minimum Gasteiger partial charge on any atom is -0.396 e. The molecule has 0 spiro atoms. The molecule has 0 aliphatic heterocycles. The second-order valence-corrected chi connectivity index (χ2v) is 5.42. The van der Waals surface area contributed by atoms with Crippen LogP contribution in [0.4, 0.5) is 0 Å². The molecule has 0 aliphatic carbocycles. The summed E-state index contributed by atoms with van der Waals surface area (Å²) >= 11 is 0. The molecule has 1 unspecified atom stereocenters. The molecule has 1 atom stereocenters. The van der Waals surface area contributed by atoms with E-state index in [1.807, 2.05) is 12.1 Å². The molecule has 0 bridgehead atoms. The van der Waals surface area contributed by atoms with Crippen LogP contribution in [0.15, 0.2) is 24.3 Å². The molecule has 1 aromatic carbocycles. The molecule has 0 saturated heterocycles. The highest BCUT2D eigenvalue weighted by molar-refractivity contribution is 5.76. The number of benzene rings is 1. The van der Waals surface area contributed by atoms with Gasteiger partial charge in [-0.15, -0.1) is 0 Å². The van der Waals surface area contributed by atoms with E-state index in [9.17, 15) is 4.79 Å².